The number of oxime groups is 1. The second-order valence-corrected chi connectivity index (χ2v) is 3.94. The Bertz CT molecular complexity index is 605. The van der Waals surface area contributed by atoms with Crippen LogP contribution in [0.15, 0.2) is 23.4 Å². The van der Waals surface area contributed by atoms with Crippen molar-refractivity contribution >= 4 is 16.2 Å². The minimum atomic E-state index is -4.51. The summed E-state index contributed by atoms with van der Waals surface area (Å²) in [6, 6.07) is 4.05. The van der Waals surface area contributed by atoms with Gasteiger partial charge in [-0.1, -0.05) is 17.3 Å². The van der Waals surface area contributed by atoms with Crippen molar-refractivity contribution in [2.24, 2.45) is 5.16 Å². The van der Waals surface area contributed by atoms with Gasteiger partial charge >= 0.3 is 16.7 Å². The third kappa shape index (κ3) is 6.25. The van der Waals surface area contributed by atoms with Crippen LogP contribution in [0.1, 0.15) is 18.1 Å². The molecule has 6 nitrogen and oxygen atoms in total. The Morgan fingerprint density at radius 1 is 1.29 bits per heavy atom. The highest BCUT2D eigenvalue weighted by Gasteiger charge is 2.37. The second-order valence-electron chi connectivity index (χ2n) is 3.47. The topological polar surface area (TPSA) is 88.8 Å². The molecule has 118 valence electrons. The van der Waals surface area contributed by atoms with Crippen LogP contribution in [0.2, 0.25) is 0 Å². The van der Waals surface area contributed by atoms with Crippen molar-refractivity contribution in [3.05, 3.63) is 29.3 Å². The van der Waals surface area contributed by atoms with E-state index in [2.05, 4.69) is 9.99 Å². The molecule has 0 atom stereocenters. The average Bonchev–Trinajstić information content (AvgIpc) is 2.36. The minimum Gasteiger partial charge on any atom is -0.496 e. The molecule has 1 aromatic rings. The van der Waals surface area contributed by atoms with Gasteiger partial charge in [0.2, 0.25) is 0 Å². The Balaban J connectivity index is 0.000000885. The monoisotopic (exact) mass is 326 g/mol. The van der Waals surface area contributed by atoms with E-state index in [9.17, 15) is 13.2 Å². The van der Waals surface area contributed by atoms with E-state index in [1.165, 1.54) is 39.3 Å². The molecule has 0 fully saturated rings. The molecule has 0 bridgehead atoms. The summed E-state index contributed by atoms with van der Waals surface area (Å²) in [6.07, 6.45) is -4.51. The van der Waals surface area contributed by atoms with Gasteiger partial charge in [-0.05, 0) is 13.0 Å². The first-order chi connectivity index (χ1) is 9.65. The first-order valence-corrected chi connectivity index (χ1v) is 6.35. The summed E-state index contributed by atoms with van der Waals surface area (Å²) in [7, 11) is -0.145. The summed E-state index contributed by atoms with van der Waals surface area (Å²) >= 11 is 0. The van der Waals surface area contributed by atoms with E-state index in [-0.39, 0.29) is 17.0 Å². The number of hydrogen-bond acceptors (Lipinski definition) is 6. The van der Waals surface area contributed by atoms with E-state index in [0.717, 1.165) is 0 Å². The van der Waals surface area contributed by atoms with Gasteiger partial charge in [-0.25, -0.2) is 0 Å². The molecule has 0 unspecified atom stereocenters. The molecule has 0 heterocycles. The van der Waals surface area contributed by atoms with Crippen molar-refractivity contribution in [1.82, 2.24) is 0 Å². The number of halogens is 3. The van der Waals surface area contributed by atoms with Gasteiger partial charge in [0, 0.05) is 5.56 Å². The molecular weight excluding hydrogens is 313 g/mol. The smallest absolute Gasteiger partial charge is 0.420 e. The predicted octanol–water partition coefficient (Wildman–Crippen LogP) is 2.71. The van der Waals surface area contributed by atoms with Crippen LogP contribution < -0.4 is 4.74 Å². The van der Waals surface area contributed by atoms with Crippen LogP contribution in [0.3, 0.4) is 0 Å². The SMILES string of the molecule is CO/N=C(\C)c1cccc(OC)c1C(F)(F)F.N=S(=O)=O. The van der Waals surface area contributed by atoms with Crippen LogP contribution >= 0.6 is 0 Å². The van der Waals surface area contributed by atoms with Gasteiger partial charge in [-0.2, -0.15) is 26.4 Å². The number of rotatable bonds is 3. The number of nitrogens with one attached hydrogen (secondary N) is 1. The van der Waals surface area contributed by atoms with Gasteiger partial charge in [-0.3, -0.25) is 0 Å². The van der Waals surface area contributed by atoms with Gasteiger partial charge in [0.05, 0.1) is 12.8 Å². The summed E-state index contributed by atoms with van der Waals surface area (Å²) in [4.78, 5) is 4.48. The van der Waals surface area contributed by atoms with E-state index in [4.69, 9.17) is 17.9 Å². The summed E-state index contributed by atoms with van der Waals surface area (Å²) in [5, 5.41) is 3.51. The number of methoxy groups -OCH3 is 1. The largest absolute Gasteiger partial charge is 0.496 e. The lowest BCUT2D eigenvalue weighted by molar-refractivity contribution is -0.138. The Morgan fingerprint density at radius 2 is 1.81 bits per heavy atom. The fourth-order valence-corrected chi connectivity index (χ4v) is 1.48. The van der Waals surface area contributed by atoms with Crippen LogP contribution in [-0.2, 0) is 21.5 Å². The molecule has 0 aliphatic heterocycles. The molecule has 0 radical (unpaired) electrons. The molecule has 0 amide bonds. The quantitative estimate of drug-likeness (QED) is 0.683. The molecule has 0 aliphatic carbocycles. The lowest BCUT2D eigenvalue weighted by atomic mass is 10.0. The molecule has 0 saturated heterocycles. The van der Waals surface area contributed by atoms with Crippen molar-refractivity contribution in [3.8, 4) is 5.75 Å². The summed E-state index contributed by atoms with van der Waals surface area (Å²) in [6.45, 7) is 1.44. The van der Waals surface area contributed by atoms with Crippen LogP contribution in [0.5, 0.6) is 5.75 Å². The molecule has 10 heteroatoms. The molecule has 0 saturated carbocycles. The average molecular weight is 326 g/mol. The zero-order valence-electron chi connectivity index (χ0n) is 11.4. The maximum atomic E-state index is 12.9. The van der Waals surface area contributed by atoms with E-state index >= 15 is 0 Å². The number of nitrogens with zero attached hydrogens (tertiary/aromatic N) is 1. The van der Waals surface area contributed by atoms with Crippen LogP contribution in [0.4, 0.5) is 13.2 Å². The Kier molecular flexibility index (Phi) is 7.42. The van der Waals surface area contributed by atoms with Crippen molar-refractivity contribution < 1.29 is 31.2 Å². The molecule has 1 N–H and O–H groups in total. The third-order valence-electron chi connectivity index (χ3n) is 2.15. The van der Waals surface area contributed by atoms with E-state index in [1.54, 1.807) is 0 Å². The van der Waals surface area contributed by atoms with Crippen molar-refractivity contribution in [3.63, 3.8) is 0 Å². The Labute approximate surface area is 120 Å². The van der Waals surface area contributed by atoms with Crippen LogP contribution in [0.25, 0.3) is 0 Å². The maximum absolute atomic E-state index is 12.9. The van der Waals surface area contributed by atoms with Crippen molar-refractivity contribution in [2.45, 2.75) is 13.1 Å². The van der Waals surface area contributed by atoms with E-state index in [1.807, 2.05) is 0 Å². The fraction of sp³-hybridized carbons (Fsp3) is 0.364. The highest BCUT2D eigenvalue weighted by Crippen LogP contribution is 2.38. The van der Waals surface area contributed by atoms with Crippen molar-refractivity contribution in [1.29, 1.82) is 4.78 Å². The Hall–Kier alpha value is -2.10. The summed E-state index contributed by atoms with van der Waals surface area (Å²) < 4.78 is 66.3. The standard InChI is InChI=1S/C11H12F3NO2.HNO2S/c1-7(15-17-3)8-5-4-6-9(16-2)10(8)11(12,13)14;1-4(2)3/h4-6H,1-3H3;1H/b15-7+;. The lowest BCUT2D eigenvalue weighted by Crippen LogP contribution is -2.14. The van der Waals surface area contributed by atoms with Crippen LogP contribution in [0, 0.1) is 4.78 Å². The molecule has 0 aromatic heterocycles. The van der Waals surface area contributed by atoms with Gasteiger partial charge in [0.15, 0.2) is 0 Å². The number of ether oxygens (including phenoxy) is 1. The number of benzene rings is 1. The number of alkyl halides is 3. The molecule has 1 rings (SSSR count). The molecule has 0 spiro atoms. The third-order valence-corrected chi connectivity index (χ3v) is 2.15. The summed E-state index contributed by atoms with van der Waals surface area (Å²) in [5.74, 6) is -0.236. The Morgan fingerprint density at radius 3 is 2.19 bits per heavy atom. The first kappa shape index (κ1) is 18.9. The van der Waals surface area contributed by atoms with Gasteiger partial charge < -0.3 is 9.57 Å². The van der Waals surface area contributed by atoms with Gasteiger partial charge in [-0.15, -0.1) is 0 Å². The van der Waals surface area contributed by atoms with E-state index in [0.29, 0.717) is 0 Å². The lowest BCUT2D eigenvalue weighted by Gasteiger charge is -2.15. The highest BCUT2D eigenvalue weighted by atomic mass is 32.2. The molecular formula is C11H13F3N2O4S. The number of hydrogen-bond donors (Lipinski definition) is 1. The molecule has 0 aliphatic rings. The van der Waals surface area contributed by atoms with Gasteiger partial charge in [0.25, 0.3) is 0 Å². The zero-order chi connectivity index (χ0) is 16.6. The van der Waals surface area contributed by atoms with E-state index < -0.39 is 22.2 Å². The minimum absolute atomic E-state index is 0.0568. The summed E-state index contributed by atoms with van der Waals surface area (Å²) in [5.41, 5.74) is -0.766. The highest BCUT2D eigenvalue weighted by molar-refractivity contribution is 7.60. The van der Waals surface area contributed by atoms with Gasteiger partial charge in [0.1, 0.15) is 18.4 Å². The fourth-order valence-electron chi connectivity index (χ4n) is 1.48. The zero-order valence-corrected chi connectivity index (χ0v) is 12.2. The maximum Gasteiger partial charge on any atom is 0.420 e. The molecule has 1 aromatic carbocycles. The second kappa shape index (κ2) is 8.25. The predicted molar refractivity (Wildman–Crippen MR) is 68.9 cm³/mol. The normalized spacial score (nSPS) is 11.2. The molecule has 21 heavy (non-hydrogen) atoms. The van der Waals surface area contributed by atoms with Crippen molar-refractivity contribution in [2.75, 3.05) is 14.2 Å². The first-order valence-electron chi connectivity index (χ1n) is 5.28. The van der Waals surface area contributed by atoms with Crippen LogP contribution in [-0.4, -0.2) is 28.3 Å².